The minimum atomic E-state index is -3.55. The summed E-state index contributed by atoms with van der Waals surface area (Å²) in [6.07, 6.45) is 0.100. The Labute approximate surface area is 169 Å². The quantitative estimate of drug-likeness (QED) is 0.752. The molecule has 0 spiro atoms. The highest BCUT2D eigenvalue weighted by Gasteiger charge is 2.30. The number of sulfonamides is 1. The van der Waals surface area contributed by atoms with Gasteiger partial charge in [0.2, 0.25) is 15.9 Å². The molecule has 0 aromatic heterocycles. The Hall–Kier alpha value is -1.60. The van der Waals surface area contributed by atoms with Crippen LogP contribution in [0.4, 0.5) is 0 Å². The van der Waals surface area contributed by atoms with E-state index in [1.54, 1.807) is 47.4 Å². The van der Waals surface area contributed by atoms with Crippen LogP contribution >= 0.6 is 23.2 Å². The fourth-order valence-corrected chi connectivity index (χ4v) is 4.95. The minimum absolute atomic E-state index is 0.100. The predicted molar refractivity (Wildman–Crippen MR) is 107 cm³/mol. The van der Waals surface area contributed by atoms with E-state index >= 15 is 0 Å². The summed E-state index contributed by atoms with van der Waals surface area (Å²) in [5.74, 6) is -0.114. The summed E-state index contributed by atoms with van der Waals surface area (Å²) in [6, 6.07) is 11.9. The van der Waals surface area contributed by atoms with Crippen LogP contribution in [-0.4, -0.2) is 49.7 Å². The molecule has 2 aromatic carbocycles. The maximum absolute atomic E-state index is 12.7. The van der Waals surface area contributed by atoms with Gasteiger partial charge in [0.15, 0.2) is 0 Å². The molecule has 144 valence electrons. The first-order valence-corrected chi connectivity index (χ1v) is 10.8. The van der Waals surface area contributed by atoms with E-state index in [-0.39, 0.29) is 30.3 Å². The van der Waals surface area contributed by atoms with Gasteiger partial charge in [0.25, 0.3) is 0 Å². The summed E-state index contributed by atoms with van der Waals surface area (Å²) < 4.78 is 26.9. The standard InChI is InChI=1S/C19H20Cl2N2O3S/c1-14-5-7-15(8-6-14)27(25,26)23-11-9-22(10-12-23)19(24)13-16-17(20)3-2-4-18(16)21/h2-8H,9-13H2,1H3. The molecule has 1 aliphatic rings. The minimum Gasteiger partial charge on any atom is -0.340 e. The molecule has 0 radical (unpaired) electrons. The van der Waals surface area contributed by atoms with Crippen LogP contribution in [-0.2, 0) is 21.2 Å². The Bertz CT molecular complexity index is 918. The highest BCUT2D eigenvalue weighted by atomic mass is 35.5. The normalized spacial score (nSPS) is 15.7. The first-order valence-electron chi connectivity index (χ1n) is 8.56. The van der Waals surface area contributed by atoms with Gasteiger partial charge >= 0.3 is 0 Å². The third-order valence-corrected chi connectivity index (χ3v) is 7.26. The fraction of sp³-hybridized carbons (Fsp3) is 0.316. The summed E-state index contributed by atoms with van der Waals surface area (Å²) in [4.78, 5) is 14.5. The van der Waals surface area contributed by atoms with Crippen molar-refractivity contribution in [3.63, 3.8) is 0 Å². The lowest BCUT2D eigenvalue weighted by atomic mass is 10.1. The Morgan fingerprint density at radius 2 is 1.52 bits per heavy atom. The van der Waals surface area contributed by atoms with Crippen LogP contribution in [0.1, 0.15) is 11.1 Å². The first-order chi connectivity index (χ1) is 12.8. The summed E-state index contributed by atoms with van der Waals surface area (Å²) >= 11 is 12.3. The lowest BCUT2D eigenvalue weighted by Gasteiger charge is -2.34. The Morgan fingerprint density at radius 3 is 2.07 bits per heavy atom. The zero-order valence-electron chi connectivity index (χ0n) is 14.9. The van der Waals surface area contributed by atoms with Crippen LogP contribution in [0.5, 0.6) is 0 Å². The van der Waals surface area contributed by atoms with E-state index in [2.05, 4.69) is 0 Å². The zero-order valence-corrected chi connectivity index (χ0v) is 17.2. The van der Waals surface area contributed by atoms with Crippen molar-refractivity contribution in [1.82, 2.24) is 9.21 Å². The number of hydrogen-bond acceptors (Lipinski definition) is 3. The molecule has 0 unspecified atom stereocenters. The monoisotopic (exact) mass is 426 g/mol. The molecule has 1 fully saturated rings. The third kappa shape index (κ3) is 4.46. The molecular weight excluding hydrogens is 407 g/mol. The molecule has 1 amide bonds. The average molecular weight is 427 g/mol. The van der Waals surface area contributed by atoms with E-state index in [9.17, 15) is 13.2 Å². The van der Waals surface area contributed by atoms with Crippen LogP contribution in [0.25, 0.3) is 0 Å². The number of piperazine rings is 1. The van der Waals surface area contributed by atoms with Crippen molar-refractivity contribution in [2.75, 3.05) is 26.2 Å². The van der Waals surface area contributed by atoms with Crippen molar-refractivity contribution >= 4 is 39.1 Å². The number of carbonyl (C=O) groups excluding carboxylic acids is 1. The number of halogens is 2. The van der Waals surface area contributed by atoms with Gasteiger partial charge in [-0.15, -0.1) is 0 Å². The van der Waals surface area contributed by atoms with Gasteiger partial charge < -0.3 is 4.90 Å². The molecule has 1 heterocycles. The van der Waals surface area contributed by atoms with Crippen molar-refractivity contribution < 1.29 is 13.2 Å². The van der Waals surface area contributed by atoms with Gasteiger partial charge in [-0.2, -0.15) is 4.31 Å². The van der Waals surface area contributed by atoms with Crippen LogP contribution in [0.15, 0.2) is 47.4 Å². The molecule has 0 saturated carbocycles. The van der Waals surface area contributed by atoms with Gasteiger partial charge in [0.05, 0.1) is 11.3 Å². The lowest BCUT2D eigenvalue weighted by Crippen LogP contribution is -2.50. The van der Waals surface area contributed by atoms with Crippen molar-refractivity contribution in [2.24, 2.45) is 0 Å². The summed E-state index contributed by atoms with van der Waals surface area (Å²) in [5, 5.41) is 0.910. The molecule has 0 N–H and O–H groups in total. The molecule has 0 aliphatic carbocycles. The smallest absolute Gasteiger partial charge is 0.243 e. The number of hydrogen-bond donors (Lipinski definition) is 0. The van der Waals surface area contributed by atoms with Crippen LogP contribution < -0.4 is 0 Å². The maximum Gasteiger partial charge on any atom is 0.243 e. The van der Waals surface area contributed by atoms with Crippen molar-refractivity contribution in [2.45, 2.75) is 18.2 Å². The number of carbonyl (C=O) groups is 1. The van der Waals surface area contributed by atoms with E-state index in [0.717, 1.165) is 5.56 Å². The molecule has 0 atom stereocenters. The van der Waals surface area contributed by atoms with E-state index in [1.165, 1.54) is 4.31 Å². The Balaban J connectivity index is 1.64. The fourth-order valence-electron chi connectivity index (χ4n) is 3.00. The van der Waals surface area contributed by atoms with Crippen molar-refractivity contribution in [3.05, 3.63) is 63.6 Å². The van der Waals surface area contributed by atoms with Gasteiger partial charge in [-0.05, 0) is 36.8 Å². The Morgan fingerprint density at radius 1 is 0.963 bits per heavy atom. The zero-order chi connectivity index (χ0) is 19.6. The average Bonchev–Trinajstić information content (AvgIpc) is 2.65. The van der Waals surface area contributed by atoms with E-state index in [4.69, 9.17) is 23.2 Å². The molecule has 8 heteroatoms. The molecule has 1 saturated heterocycles. The molecule has 27 heavy (non-hydrogen) atoms. The molecular formula is C19H20Cl2N2O3S. The molecule has 0 bridgehead atoms. The van der Waals surface area contributed by atoms with Crippen LogP contribution in [0.2, 0.25) is 10.0 Å². The van der Waals surface area contributed by atoms with Crippen LogP contribution in [0.3, 0.4) is 0 Å². The number of rotatable bonds is 4. The topological polar surface area (TPSA) is 57.7 Å². The predicted octanol–water partition coefficient (Wildman–Crippen LogP) is 3.38. The highest BCUT2D eigenvalue weighted by molar-refractivity contribution is 7.89. The van der Waals surface area contributed by atoms with Crippen LogP contribution in [0, 0.1) is 6.92 Å². The summed E-state index contributed by atoms with van der Waals surface area (Å²) in [6.45, 7) is 3.11. The molecule has 5 nitrogen and oxygen atoms in total. The van der Waals surface area contributed by atoms with Gasteiger partial charge in [-0.1, -0.05) is 47.0 Å². The van der Waals surface area contributed by atoms with Gasteiger partial charge in [0.1, 0.15) is 0 Å². The largest absolute Gasteiger partial charge is 0.340 e. The molecule has 2 aromatic rings. The molecule has 1 aliphatic heterocycles. The number of nitrogens with zero attached hydrogens (tertiary/aromatic N) is 2. The first kappa shape index (κ1) is 20.1. The SMILES string of the molecule is Cc1ccc(S(=O)(=O)N2CCN(C(=O)Cc3c(Cl)cccc3Cl)CC2)cc1. The number of amides is 1. The van der Waals surface area contributed by atoms with E-state index in [1.807, 2.05) is 6.92 Å². The number of benzene rings is 2. The van der Waals surface area contributed by atoms with Gasteiger partial charge in [0, 0.05) is 36.2 Å². The van der Waals surface area contributed by atoms with E-state index < -0.39 is 10.0 Å². The second kappa shape index (κ2) is 8.19. The maximum atomic E-state index is 12.7. The van der Waals surface area contributed by atoms with Gasteiger partial charge in [-0.25, -0.2) is 8.42 Å². The second-order valence-corrected chi connectivity index (χ2v) is 9.23. The molecule has 3 rings (SSSR count). The van der Waals surface area contributed by atoms with Gasteiger partial charge in [-0.3, -0.25) is 4.79 Å². The van der Waals surface area contributed by atoms with Crippen molar-refractivity contribution in [1.29, 1.82) is 0 Å². The summed E-state index contributed by atoms with van der Waals surface area (Å²) in [7, 11) is -3.55. The highest BCUT2D eigenvalue weighted by Crippen LogP contribution is 2.25. The summed E-state index contributed by atoms with van der Waals surface area (Å²) in [5.41, 5.74) is 1.60. The Kier molecular flexibility index (Phi) is 6.11. The van der Waals surface area contributed by atoms with E-state index in [0.29, 0.717) is 28.7 Å². The number of aryl methyl sites for hydroxylation is 1. The third-order valence-electron chi connectivity index (χ3n) is 4.64. The van der Waals surface area contributed by atoms with Crippen molar-refractivity contribution in [3.8, 4) is 0 Å². The lowest BCUT2D eigenvalue weighted by molar-refractivity contribution is -0.131. The second-order valence-electron chi connectivity index (χ2n) is 6.47.